The zero-order chi connectivity index (χ0) is 13.9. The fraction of sp³-hybridized carbons (Fsp3) is 0.571. The molecule has 19 heavy (non-hydrogen) atoms. The van der Waals surface area contributed by atoms with Crippen LogP contribution in [0.4, 0.5) is 5.69 Å². The lowest BCUT2D eigenvalue weighted by molar-refractivity contribution is 0.568. The zero-order valence-electron chi connectivity index (χ0n) is 11.6. The van der Waals surface area contributed by atoms with Crippen molar-refractivity contribution in [2.45, 2.75) is 26.4 Å². The first-order chi connectivity index (χ1) is 9.02. The quantitative estimate of drug-likeness (QED) is 0.907. The van der Waals surface area contributed by atoms with Gasteiger partial charge in [0.15, 0.2) is 9.84 Å². The number of hydrogen-bond donors (Lipinski definition) is 1. The molecule has 0 bridgehead atoms. The summed E-state index contributed by atoms with van der Waals surface area (Å²) in [6, 6.07) is 8.43. The van der Waals surface area contributed by atoms with E-state index in [1.54, 1.807) is 0 Å². The highest BCUT2D eigenvalue weighted by Crippen LogP contribution is 2.22. The lowest BCUT2D eigenvalue weighted by Gasteiger charge is -2.35. The van der Waals surface area contributed by atoms with Gasteiger partial charge in [-0.1, -0.05) is 19.1 Å². The highest BCUT2D eigenvalue weighted by molar-refractivity contribution is 7.91. The van der Waals surface area contributed by atoms with Crippen molar-refractivity contribution in [3.8, 4) is 0 Å². The Labute approximate surface area is 115 Å². The Morgan fingerprint density at radius 2 is 2.00 bits per heavy atom. The molecule has 1 atom stereocenters. The van der Waals surface area contributed by atoms with Crippen LogP contribution in [0.15, 0.2) is 24.3 Å². The predicted molar refractivity (Wildman–Crippen MR) is 79.3 cm³/mol. The highest BCUT2D eigenvalue weighted by atomic mass is 32.2. The van der Waals surface area contributed by atoms with Gasteiger partial charge < -0.3 is 10.2 Å². The van der Waals surface area contributed by atoms with Gasteiger partial charge in [-0.2, -0.15) is 0 Å². The molecule has 1 heterocycles. The molecular formula is C14H22N2O2S. The molecule has 1 saturated heterocycles. The third-order valence-corrected chi connectivity index (χ3v) is 5.31. The average Bonchev–Trinajstić information content (AvgIpc) is 2.36. The van der Waals surface area contributed by atoms with E-state index in [9.17, 15) is 8.42 Å². The van der Waals surface area contributed by atoms with Crippen LogP contribution in [-0.4, -0.2) is 39.1 Å². The molecule has 1 aromatic carbocycles. The van der Waals surface area contributed by atoms with Crippen molar-refractivity contribution in [2.75, 3.05) is 29.5 Å². The summed E-state index contributed by atoms with van der Waals surface area (Å²) in [5.74, 6) is 0.516. The number of hydrogen-bond acceptors (Lipinski definition) is 4. The Morgan fingerprint density at radius 1 is 1.32 bits per heavy atom. The maximum Gasteiger partial charge on any atom is 0.154 e. The third-order valence-electron chi connectivity index (χ3n) is 3.52. The van der Waals surface area contributed by atoms with Crippen LogP contribution in [0.1, 0.15) is 19.4 Å². The van der Waals surface area contributed by atoms with Crippen molar-refractivity contribution in [1.29, 1.82) is 0 Å². The molecule has 0 amide bonds. The minimum atomic E-state index is -2.84. The molecule has 1 aromatic rings. The van der Waals surface area contributed by atoms with E-state index < -0.39 is 9.84 Å². The molecule has 1 aliphatic rings. The maximum absolute atomic E-state index is 11.6. The number of anilines is 1. The van der Waals surface area contributed by atoms with Crippen LogP contribution in [0.25, 0.3) is 0 Å². The van der Waals surface area contributed by atoms with Crippen LogP contribution in [0, 0.1) is 0 Å². The van der Waals surface area contributed by atoms with E-state index in [1.165, 1.54) is 5.56 Å². The second-order valence-corrected chi connectivity index (χ2v) is 7.33. The summed E-state index contributed by atoms with van der Waals surface area (Å²) < 4.78 is 23.2. The molecule has 0 radical (unpaired) electrons. The average molecular weight is 282 g/mol. The minimum Gasteiger partial charge on any atom is -0.367 e. The Morgan fingerprint density at radius 3 is 2.58 bits per heavy atom. The molecule has 1 unspecified atom stereocenters. The van der Waals surface area contributed by atoms with Gasteiger partial charge in [0, 0.05) is 24.8 Å². The normalized spacial score (nSPS) is 22.4. The fourth-order valence-corrected chi connectivity index (χ4v) is 4.01. The largest absolute Gasteiger partial charge is 0.367 e. The van der Waals surface area contributed by atoms with E-state index in [2.05, 4.69) is 41.4 Å². The molecule has 0 saturated carbocycles. The summed E-state index contributed by atoms with van der Waals surface area (Å²) in [6.45, 7) is 6.49. The van der Waals surface area contributed by atoms with E-state index in [1.807, 2.05) is 6.92 Å². The number of sulfone groups is 1. The monoisotopic (exact) mass is 282 g/mol. The first kappa shape index (κ1) is 14.3. The van der Waals surface area contributed by atoms with Crippen molar-refractivity contribution in [3.05, 3.63) is 29.8 Å². The summed E-state index contributed by atoms with van der Waals surface area (Å²) in [7, 11) is -2.84. The first-order valence-corrected chi connectivity index (χ1v) is 8.60. The summed E-state index contributed by atoms with van der Waals surface area (Å²) in [4.78, 5) is 2.18. The van der Waals surface area contributed by atoms with Gasteiger partial charge >= 0.3 is 0 Å². The SMILES string of the molecule is CCNCc1ccc(N2CCS(=O)(=O)CC2C)cc1. The van der Waals surface area contributed by atoms with Crippen LogP contribution in [0.2, 0.25) is 0 Å². The van der Waals surface area contributed by atoms with Gasteiger partial charge in [-0.25, -0.2) is 8.42 Å². The van der Waals surface area contributed by atoms with Gasteiger partial charge in [0.1, 0.15) is 0 Å². The predicted octanol–water partition coefficient (Wildman–Crippen LogP) is 1.42. The first-order valence-electron chi connectivity index (χ1n) is 6.78. The maximum atomic E-state index is 11.6. The van der Waals surface area contributed by atoms with Gasteiger partial charge in [-0.3, -0.25) is 0 Å². The Hall–Kier alpha value is -1.07. The van der Waals surface area contributed by atoms with E-state index in [0.29, 0.717) is 6.54 Å². The van der Waals surface area contributed by atoms with Crippen LogP contribution in [0.3, 0.4) is 0 Å². The lowest BCUT2D eigenvalue weighted by Crippen LogP contribution is -2.47. The molecule has 4 nitrogen and oxygen atoms in total. The third kappa shape index (κ3) is 3.70. The molecule has 2 rings (SSSR count). The number of nitrogens with zero attached hydrogens (tertiary/aromatic N) is 1. The van der Waals surface area contributed by atoms with Gasteiger partial charge in [0.2, 0.25) is 0 Å². The standard InChI is InChI=1S/C14H22N2O2S/c1-3-15-10-13-4-6-14(7-5-13)16-8-9-19(17,18)11-12(16)2/h4-7,12,15H,3,8-11H2,1-2H3. The molecule has 1 N–H and O–H groups in total. The molecule has 106 valence electrons. The Kier molecular flexibility index (Phi) is 4.47. The van der Waals surface area contributed by atoms with Crippen molar-refractivity contribution < 1.29 is 8.42 Å². The van der Waals surface area contributed by atoms with Crippen molar-refractivity contribution in [1.82, 2.24) is 5.32 Å². The van der Waals surface area contributed by atoms with Gasteiger partial charge in [0.05, 0.1) is 11.5 Å². The number of benzene rings is 1. The summed E-state index contributed by atoms with van der Waals surface area (Å²) >= 11 is 0. The molecular weight excluding hydrogens is 260 g/mol. The summed E-state index contributed by atoms with van der Waals surface area (Å²) in [6.07, 6.45) is 0. The minimum absolute atomic E-state index is 0.0540. The van der Waals surface area contributed by atoms with E-state index in [4.69, 9.17) is 0 Å². The molecule has 1 fully saturated rings. The smallest absolute Gasteiger partial charge is 0.154 e. The molecule has 1 aliphatic heterocycles. The molecule has 0 spiro atoms. The van der Waals surface area contributed by atoms with Crippen LogP contribution < -0.4 is 10.2 Å². The van der Waals surface area contributed by atoms with E-state index in [0.717, 1.165) is 18.8 Å². The summed E-state index contributed by atoms with van der Waals surface area (Å²) in [5, 5.41) is 3.29. The molecule has 5 heteroatoms. The van der Waals surface area contributed by atoms with Gasteiger partial charge in [0.25, 0.3) is 0 Å². The molecule has 0 aliphatic carbocycles. The van der Waals surface area contributed by atoms with Crippen molar-refractivity contribution >= 4 is 15.5 Å². The van der Waals surface area contributed by atoms with Gasteiger partial charge in [-0.05, 0) is 31.2 Å². The van der Waals surface area contributed by atoms with E-state index >= 15 is 0 Å². The van der Waals surface area contributed by atoms with Gasteiger partial charge in [-0.15, -0.1) is 0 Å². The highest BCUT2D eigenvalue weighted by Gasteiger charge is 2.27. The zero-order valence-corrected chi connectivity index (χ0v) is 12.4. The second-order valence-electron chi connectivity index (χ2n) is 5.10. The Balaban J connectivity index is 2.06. The van der Waals surface area contributed by atoms with E-state index in [-0.39, 0.29) is 17.5 Å². The number of nitrogens with one attached hydrogen (secondary N) is 1. The lowest BCUT2D eigenvalue weighted by atomic mass is 10.1. The van der Waals surface area contributed by atoms with Crippen LogP contribution >= 0.6 is 0 Å². The second kappa shape index (κ2) is 5.92. The van der Waals surface area contributed by atoms with Crippen LogP contribution in [-0.2, 0) is 16.4 Å². The molecule has 0 aromatic heterocycles. The van der Waals surface area contributed by atoms with Crippen molar-refractivity contribution in [3.63, 3.8) is 0 Å². The fourth-order valence-electron chi connectivity index (χ4n) is 2.46. The van der Waals surface area contributed by atoms with Crippen molar-refractivity contribution in [2.24, 2.45) is 0 Å². The number of rotatable bonds is 4. The summed E-state index contributed by atoms with van der Waals surface area (Å²) in [5.41, 5.74) is 2.37. The Bertz CT molecular complexity index is 511. The van der Waals surface area contributed by atoms with Crippen LogP contribution in [0.5, 0.6) is 0 Å². The topological polar surface area (TPSA) is 49.4 Å².